The summed E-state index contributed by atoms with van der Waals surface area (Å²) in [6.45, 7) is 2.95. The predicted octanol–water partition coefficient (Wildman–Crippen LogP) is 1.44. The third-order valence-electron chi connectivity index (χ3n) is 2.85. The van der Waals surface area contributed by atoms with Crippen LogP contribution < -0.4 is 5.32 Å². The number of nitrogens with one attached hydrogen (secondary N) is 1. The van der Waals surface area contributed by atoms with E-state index in [2.05, 4.69) is 5.32 Å². The van der Waals surface area contributed by atoms with Crippen molar-refractivity contribution in [3.63, 3.8) is 0 Å². The van der Waals surface area contributed by atoms with Crippen molar-refractivity contribution in [2.75, 3.05) is 13.1 Å². The first-order chi connectivity index (χ1) is 7.61. The van der Waals surface area contributed by atoms with Crippen LogP contribution in [0.4, 0.5) is 4.79 Å². The van der Waals surface area contributed by atoms with E-state index in [1.807, 2.05) is 0 Å². The van der Waals surface area contributed by atoms with Crippen molar-refractivity contribution < 1.29 is 14.7 Å². The van der Waals surface area contributed by atoms with Crippen LogP contribution in [-0.4, -0.2) is 41.1 Å². The SMILES string of the molecule is C[C@H](NC(=O)N1CCCCCCC1)C(=O)O. The molecule has 0 aromatic rings. The second-order valence-corrected chi connectivity index (χ2v) is 4.26. The molecule has 5 nitrogen and oxygen atoms in total. The molecule has 0 radical (unpaired) electrons. The molecule has 16 heavy (non-hydrogen) atoms. The maximum Gasteiger partial charge on any atom is 0.325 e. The van der Waals surface area contributed by atoms with Gasteiger partial charge in [0.15, 0.2) is 0 Å². The van der Waals surface area contributed by atoms with E-state index in [4.69, 9.17) is 5.11 Å². The van der Waals surface area contributed by atoms with Crippen LogP contribution in [-0.2, 0) is 4.79 Å². The Morgan fingerprint density at radius 3 is 2.12 bits per heavy atom. The minimum Gasteiger partial charge on any atom is -0.480 e. The molecule has 0 aliphatic carbocycles. The summed E-state index contributed by atoms with van der Waals surface area (Å²) in [6, 6.07) is -1.07. The van der Waals surface area contributed by atoms with Crippen molar-refractivity contribution >= 4 is 12.0 Å². The standard InChI is InChI=1S/C11H20N2O3/c1-9(10(14)15)12-11(16)13-7-5-3-2-4-6-8-13/h9H,2-8H2,1H3,(H,12,16)(H,14,15)/t9-/m0/s1. The Morgan fingerprint density at radius 1 is 1.12 bits per heavy atom. The molecule has 0 unspecified atom stereocenters. The number of carboxylic acids is 1. The van der Waals surface area contributed by atoms with Gasteiger partial charge in [0.25, 0.3) is 0 Å². The van der Waals surface area contributed by atoms with Crippen LogP contribution in [0.1, 0.15) is 39.0 Å². The van der Waals surface area contributed by atoms with E-state index in [-0.39, 0.29) is 6.03 Å². The van der Waals surface area contributed by atoms with Crippen molar-refractivity contribution in [1.82, 2.24) is 10.2 Å². The number of likely N-dealkylation sites (tertiary alicyclic amines) is 1. The normalized spacial score (nSPS) is 19.4. The van der Waals surface area contributed by atoms with Gasteiger partial charge in [-0.1, -0.05) is 19.3 Å². The molecule has 0 saturated carbocycles. The highest BCUT2D eigenvalue weighted by Gasteiger charge is 2.19. The first-order valence-electron chi connectivity index (χ1n) is 5.89. The van der Waals surface area contributed by atoms with Crippen molar-refractivity contribution in [2.24, 2.45) is 0 Å². The van der Waals surface area contributed by atoms with E-state index >= 15 is 0 Å². The quantitative estimate of drug-likeness (QED) is 0.751. The zero-order valence-corrected chi connectivity index (χ0v) is 9.74. The summed E-state index contributed by atoms with van der Waals surface area (Å²) < 4.78 is 0. The second kappa shape index (κ2) is 6.35. The summed E-state index contributed by atoms with van der Waals surface area (Å²) in [7, 11) is 0. The molecule has 0 bridgehead atoms. The third-order valence-corrected chi connectivity index (χ3v) is 2.85. The summed E-state index contributed by atoms with van der Waals surface area (Å²) in [6.07, 6.45) is 5.56. The summed E-state index contributed by atoms with van der Waals surface area (Å²) >= 11 is 0. The molecular weight excluding hydrogens is 208 g/mol. The van der Waals surface area contributed by atoms with Crippen LogP contribution >= 0.6 is 0 Å². The van der Waals surface area contributed by atoms with Gasteiger partial charge in [-0.15, -0.1) is 0 Å². The maximum atomic E-state index is 11.7. The van der Waals surface area contributed by atoms with Crippen LogP contribution in [0.25, 0.3) is 0 Å². The number of aliphatic carboxylic acids is 1. The molecule has 2 amide bonds. The molecule has 1 rings (SSSR count). The van der Waals surface area contributed by atoms with Gasteiger partial charge in [0.2, 0.25) is 0 Å². The number of nitrogens with zero attached hydrogens (tertiary/aromatic N) is 1. The van der Waals surface area contributed by atoms with Gasteiger partial charge in [-0.2, -0.15) is 0 Å². The van der Waals surface area contributed by atoms with Crippen LogP contribution in [0.2, 0.25) is 0 Å². The lowest BCUT2D eigenvalue weighted by molar-refractivity contribution is -0.138. The molecule has 0 aromatic carbocycles. The summed E-state index contributed by atoms with van der Waals surface area (Å²) in [5.41, 5.74) is 0. The molecule has 1 saturated heterocycles. The van der Waals surface area contributed by atoms with Crippen LogP contribution in [0.5, 0.6) is 0 Å². The Hall–Kier alpha value is -1.26. The predicted molar refractivity (Wildman–Crippen MR) is 60.3 cm³/mol. The zero-order chi connectivity index (χ0) is 12.0. The number of hydrogen-bond acceptors (Lipinski definition) is 2. The fourth-order valence-corrected chi connectivity index (χ4v) is 1.79. The highest BCUT2D eigenvalue weighted by molar-refractivity contribution is 5.82. The van der Waals surface area contributed by atoms with Gasteiger partial charge in [-0.3, -0.25) is 4.79 Å². The van der Waals surface area contributed by atoms with Gasteiger partial charge in [0, 0.05) is 13.1 Å². The summed E-state index contributed by atoms with van der Waals surface area (Å²) in [5, 5.41) is 11.2. The van der Waals surface area contributed by atoms with Crippen molar-refractivity contribution in [1.29, 1.82) is 0 Å². The second-order valence-electron chi connectivity index (χ2n) is 4.26. The molecule has 1 fully saturated rings. The lowest BCUT2D eigenvalue weighted by Crippen LogP contribution is -2.47. The van der Waals surface area contributed by atoms with Gasteiger partial charge >= 0.3 is 12.0 Å². The number of rotatable bonds is 2. The maximum absolute atomic E-state index is 11.7. The average molecular weight is 228 g/mol. The molecule has 1 aliphatic heterocycles. The lowest BCUT2D eigenvalue weighted by atomic mass is 10.1. The van der Waals surface area contributed by atoms with E-state index in [0.29, 0.717) is 0 Å². The molecule has 2 N–H and O–H groups in total. The largest absolute Gasteiger partial charge is 0.480 e. The van der Waals surface area contributed by atoms with Gasteiger partial charge in [-0.05, 0) is 19.8 Å². The fourth-order valence-electron chi connectivity index (χ4n) is 1.79. The van der Waals surface area contributed by atoms with E-state index in [9.17, 15) is 9.59 Å². The molecule has 0 spiro atoms. The van der Waals surface area contributed by atoms with Crippen LogP contribution in [0, 0.1) is 0 Å². The lowest BCUT2D eigenvalue weighted by Gasteiger charge is -2.25. The number of amides is 2. The molecular formula is C11H20N2O3. The topological polar surface area (TPSA) is 69.6 Å². The molecule has 0 aromatic heterocycles. The van der Waals surface area contributed by atoms with Crippen LogP contribution in [0.15, 0.2) is 0 Å². The highest BCUT2D eigenvalue weighted by atomic mass is 16.4. The van der Waals surface area contributed by atoms with E-state index < -0.39 is 12.0 Å². The van der Waals surface area contributed by atoms with E-state index in [1.165, 1.54) is 13.3 Å². The smallest absolute Gasteiger partial charge is 0.325 e. The fraction of sp³-hybridized carbons (Fsp3) is 0.818. The van der Waals surface area contributed by atoms with Crippen molar-refractivity contribution in [2.45, 2.75) is 45.1 Å². The Kier molecular flexibility index (Phi) is 5.08. The monoisotopic (exact) mass is 228 g/mol. The van der Waals surface area contributed by atoms with Gasteiger partial charge < -0.3 is 15.3 Å². The molecule has 1 aliphatic rings. The number of urea groups is 1. The molecule has 1 heterocycles. The van der Waals surface area contributed by atoms with Gasteiger partial charge in [0.05, 0.1) is 0 Å². The minimum absolute atomic E-state index is 0.253. The number of carbonyl (C=O) groups excluding carboxylic acids is 1. The Labute approximate surface area is 95.8 Å². The van der Waals surface area contributed by atoms with Crippen molar-refractivity contribution in [3.8, 4) is 0 Å². The van der Waals surface area contributed by atoms with Crippen molar-refractivity contribution in [3.05, 3.63) is 0 Å². The Morgan fingerprint density at radius 2 is 1.62 bits per heavy atom. The summed E-state index contributed by atoms with van der Waals surface area (Å²) in [5.74, 6) is -1.000. The zero-order valence-electron chi connectivity index (χ0n) is 9.74. The van der Waals surface area contributed by atoms with E-state index in [0.717, 1.165) is 38.8 Å². The van der Waals surface area contributed by atoms with E-state index in [1.54, 1.807) is 4.90 Å². The highest BCUT2D eigenvalue weighted by Crippen LogP contribution is 2.10. The molecule has 1 atom stereocenters. The van der Waals surface area contributed by atoms with Gasteiger partial charge in [-0.25, -0.2) is 4.79 Å². The first kappa shape index (κ1) is 12.8. The Bertz CT molecular complexity index is 248. The Balaban J connectivity index is 2.41. The summed E-state index contributed by atoms with van der Waals surface area (Å²) in [4.78, 5) is 24.1. The number of carbonyl (C=O) groups is 2. The average Bonchev–Trinajstić information content (AvgIpc) is 2.16. The van der Waals surface area contributed by atoms with Crippen LogP contribution in [0.3, 0.4) is 0 Å². The minimum atomic E-state index is -1.000. The van der Waals surface area contributed by atoms with Gasteiger partial charge in [0.1, 0.15) is 6.04 Å². The molecule has 92 valence electrons. The number of carboxylic acid groups (broad SMARTS) is 1. The number of hydrogen-bond donors (Lipinski definition) is 2. The third kappa shape index (κ3) is 4.08. The first-order valence-corrected chi connectivity index (χ1v) is 5.89. The molecule has 5 heteroatoms.